The summed E-state index contributed by atoms with van der Waals surface area (Å²) < 4.78 is 41.7. The van der Waals surface area contributed by atoms with Gasteiger partial charge in [-0.3, -0.25) is 14.2 Å². The van der Waals surface area contributed by atoms with E-state index in [9.17, 15) is 18.0 Å². The number of amides is 1. The first-order valence-electron chi connectivity index (χ1n) is 8.57. The third-order valence-corrected chi connectivity index (χ3v) is 4.77. The largest absolute Gasteiger partial charge is 0.435 e. The number of carbonyl (C=O) groups is 1. The number of hydrogen-bond acceptors (Lipinski definition) is 3. The second-order valence-electron chi connectivity index (χ2n) is 6.75. The smallest absolute Gasteiger partial charge is 0.352 e. The van der Waals surface area contributed by atoms with E-state index in [1.54, 1.807) is 4.68 Å². The van der Waals surface area contributed by atoms with Crippen LogP contribution in [-0.4, -0.2) is 25.5 Å². The van der Waals surface area contributed by atoms with E-state index in [0.29, 0.717) is 12.2 Å². The Bertz CT molecular complexity index is 817. The Morgan fingerprint density at radius 2 is 2.00 bits per heavy atom. The quantitative estimate of drug-likeness (QED) is 0.852. The van der Waals surface area contributed by atoms with Crippen LogP contribution < -0.4 is 5.32 Å². The molecule has 142 valence electrons. The third-order valence-electron chi connectivity index (χ3n) is 4.77. The molecule has 0 radical (unpaired) electrons. The average molecular weight is 369 g/mol. The lowest BCUT2D eigenvalue weighted by Gasteiger charge is -2.08. The first kappa shape index (κ1) is 18.5. The number of aryl methyl sites for hydroxylation is 3. The lowest BCUT2D eigenvalue weighted by atomic mass is 10.2. The van der Waals surface area contributed by atoms with Gasteiger partial charge < -0.3 is 5.32 Å². The summed E-state index contributed by atoms with van der Waals surface area (Å²) in [5.74, 6) is -0.0965. The minimum atomic E-state index is -4.47. The maximum atomic E-state index is 12.9. The number of hydrogen-bond donors (Lipinski definition) is 1. The van der Waals surface area contributed by atoms with Crippen LogP contribution in [0.5, 0.6) is 0 Å². The standard InChI is InChI=1S/C17H22F3N5O/c1-10-13(11(2)24(3)22-10)9-21-16(26)6-7-25-14(12-4-5-12)8-15(23-25)17(18,19)20/h8,12H,4-7,9H2,1-3H3,(H,21,26). The molecule has 0 unspecified atom stereocenters. The Morgan fingerprint density at radius 3 is 2.54 bits per heavy atom. The van der Waals surface area contributed by atoms with Crippen molar-refractivity contribution in [3.8, 4) is 0 Å². The molecule has 0 aliphatic heterocycles. The second kappa shape index (κ2) is 6.77. The molecule has 26 heavy (non-hydrogen) atoms. The zero-order valence-corrected chi connectivity index (χ0v) is 15.0. The van der Waals surface area contributed by atoms with Gasteiger partial charge in [-0.15, -0.1) is 0 Å². The molecule has 9 heteroatoms. The van der Waals surface area contributed by atoms with E-state index in [1.807, 2.05) is 20.9 Å². The van der Waals surface area contributed by atoms with Crippen molar-refractivity contribution in [3.05, 3.63) is 34.4 Å². The molecule has 1 saturated carbocycles. The number of aromatic nitrogens is 4. The molecule has 3 rings (SSSR count). The summed E-state index contributed by atoms with van der Waals surface area (Å²) in [5, 5.41) is 10.8. The highest BCUT2D eigenvalue weighted by Gasteiger charge is 2.37. The summed E-state index contributed by atoms with van der Waals surface area (Å²) in [5.41, 5.74) is 2.47. The van der Waals surface area contributed by atoms with Crippen LogP contribution in [0.15, 0.2) is 6.07 Å². The summed E-state index contributed by atoms with van der Waals surface area (Å²) in [6.45, 7) is 4.29. The predicted molar refractivity (Wildman–Crippen MR) is 88.3 cm³/mol. The van der Waals surface area contributed by atoms with Crippen LogP contribution in [0.4, 0.5) is 13.2 Å². The summed E-state index contributed by atoms with van der Waals surface area (Å²) in [7, 11) is 1.84. The first-order chi connectivity index (χ1) is 12.2. The van der Waals surface area contributed by atoms with Crippen LogP contribution in [0.3, 0.4) is 0 Å². The van der Waals surface area contributed by atoms with E-state index in [-0.39, 0.29) is 24.8 Å². The Labute approximate surface area is 149 Å². The van der Waals surface area contributed by atoms with E-state index in [4.69, 9.17) is 0 Å². The Balaban J connectivity index is 1.60. The van der Waals surface area contributed by atoms with Gasteiger partial charge in [0.05, 0.1) is 5.69 Å². The van der Waals surface area contributed by atoms with E-state index in [2.05, 4.69) is 15.5 Å². The van der Waals surface area contributed by atoms with Gasteiger partial charge >= 0.3 is 6.18 Å². The van der Waals surface area contributed by atoms with Crippen molar-refractivity contribution < 1.29 is 18.0 Å². The Hall–Kier alpha value is -2.32. The van der Waals surface area contributed by atoms with E-state index in [0.717, 1.165) is 35.9 Å². The number of nitrogens with zero attached hydrogens (tertiary/aromatic N) is 4. The van der Waals surface area contributed by atoms with Crippen LogP contribution in [0.2, 0.25) is 0 Å². The summed E-state index contributed by atoms with van der Waals surface area (Å²) in [4.78, 5) is 12.1. The molecule has 0 bridgehead atoms. The molecule has 0 spiro atoms. The van der Waals surface area contributed by atoms with Gasteiger partial charge in [0.1, 0.15) is 0 Å². The molecule has 0 saturated heterocycles. The highest BCUT2D eigenvalue weighted by Crippen LogP contribution is 2.42. The van der Waals surface area contributed by atoms with Crippen LogP contribution in [0, 0.1) is 13.8 Å². The van der Waals surface area contributed by atoms with Crippen LogP contribution in [0.25, 0.3) is 0 Å². The zero-order chi connectivity index (χ0) is 19.1. The molecule has 6 nitrogen and oxygen atoms in total. The van der Waals surface area contributed by atoms with E-state index in [1.165, 1.54) is 4.68 Å². The van der Waals surface area contributed by atoms with Gasteiger partial charge in [0.25, 0.3) is 0 Å². The molecule has 2 aromatic heterocycles. The number of alkyl halides is 3. The summed E-state index contributed by atoms with van der Waals surface area (Å²) in [6.07, 6.45) is -2.65. The topological polar surface area (TPSA) is 64.7 Å². The van der Waals surface area contributed by atoms with Crippen LogP contribution >= 0.6 is 0 Å². The molecule has 1 amide bonds. The average Bonchev–Trinajstić information content (AvgIpc) is 3.25. The molecule has 1 fully saturated rings. The van der Waals surface area contributed by atoms with Crippen molar-refractivity contribution >= 4 is 5.91 Å². The van der Waals surface area contributed by atoms with Crippen molar-refractivity contribution in [1.29, 1.82) is 0 Å². The van der Waals surface area contributed by atoms with Crippen molar-refractivity contribution in [2.45, 2.75) is 58.3 Å². The van der Waals surface area contributed by atoms with Crippen LogP contribution in [-0.2, 0) is 31.1 Å². The monoisotopic (exact) mass is 369 g/mol. The van der Waals surface area contributed by atoms with Crippen molar-refractivity contribution in [2.75, 3.05) is 0 Å². The summed E-state index contributed by atoms with van der Waals surface area (Å²) >= 11 is 0. The molecular weight excluding hydrogens is 347 g/mol. The molecule has 1 aliphatic rings. The van der Waals surface area contributed by atoms with Crippen LogP contribution in [0.1, 0.15) is 53.5 Å². The number of rotatable bonds is 6. The molecular formula is C17H22F3N5O. The first-order valence-corrected chi connectivity index (χ1v) is 8.57. The minimum absolute atomic E-state index is 0.0804. The Kier molecular flexibility index (Phi) is 4.81. The lowest BCUT2D eigenvalue weighted by Crippen LogP contribution is -2.25. The fraction of sp³-hybridized carbons (Fsp3) is 0.588. The fourth-order valence-electron chi connectivity index (χ4n) is 3.01. The highest BCUT2D eigenvalue weighted by molar-refractivity contribution is 5.75. The van der Waals surface area contributed by atoms with Gasteiger partial charge in [-0.2, -0.15) is 23.4 Å². The number of halogens is 3. The third kappa shape index (κ3) is 3.91. The van der Waals surface area contributed by atoms with Crippen molar-refractivity contribution in [2.24, 2.45) is 7.05 Å². The van der Waals surface area contributed by atoms with Gasteiger partial charge in [-0.1, -0.05) is 0 Å². The van der Waals surface area contributed by atoms with E-state index >= 15 is 0 Å². The second-order valence-corrected chi connectivity index (χ2v) is 6.75. The minimum Gasteiger partial charge on any atom is -0.352 e. The Morgan fingerprint density at radius 1 is 1.31 bits per heavy atom. The van der Waals surface area contributed by atoms with Gasteiger partial charge in [-0.25, -0.2) is 0 Å². The summed E-state index contributed by atoms with van der Waals surface area (Å²) in [6, 6.07) is 1.11. The van der Waals surface area contributed by atoms with Crippen molar-refractivity contribution in [3.63, 3.8) is 0 Å². The van der Waals surface area contributed by atoms with Crippen molar-refractivity contribution in [1.82, 2.24) is 24.9 Å². The highest BCUT2D eigenvalue weighted by atomic mass is 19.4. The lowest BCUT2D eigenvalue weighted by molar-refractivity contribution is -0.141. The maximum absolute atomic E-state index is 12.9. The zero-order valence-electron chi connectivity index (χ0n) is 15.0. The maximum Gasteiger partial charge on any atom is 0.435 e. The number of nitrogens with one attached hydrogen (secondary N) is 1. The van der Waals surface area contributed by atoms with Gasteiger partial charge in [0, 0.05) is 49.4 Å². The van der Waals surface area contributed by atoms with Gasteiger partial charge in [-0.05, 0) is 32.8 Å². The number of carbonyl (C=O) groups excluding carboxylic acids is 1. The predicted octanol–water partition coefficient (Wildman–Crippen LogP) is 2.84. The molecule has 2 aromatic rings. The molecule has 1 N–H and O–H groups in total. The fourth-order valence-corrected chi connectivity index (χ4v) is 3.01. The molecule has 2 heterocycles. The van der Waals surface area contributed by atoms with Gasteiger partial charge in [0.15, 0.2) is 5.69 Å². The molecule has 1 aliphatic carbocycles. The van der Waals surface area contributed by atoms with E-state index < -0.39 is 11.9 Å². The molecule has 0 atom stereocenters. The molecule has 0 aromatic carbocycles. The SMILES string of the molecule is Cc1nn(C)c(C)c1CNC(=O)CCn1nc(C(F)(F)F)cc1C1CC1. The normalized spacial score (nSPS) is 14.7. The van der Waals surface area contributed by atoms with Gasteiger partial charge in [0.2, 0.25) is 5.91 Å².